The van der Waals surface area contributed by atoms with E-state index in [1.54, 1.807) is 34.3 Å². The summed E-state index contributed by atoms with van der Waals surface area (Å²) in [5.41, 5.74) is 1.34. The molecule has 0 fully saturated rings. The summed E-state index contributed by atoms with van der Waals surface area (Å²) in [5, 5.41) is 1.06. The highest BCUT2D eigenvalue weighted by Gasteiger charge is 2.29. The lowest BCUT2D eigenvalue weighted by atomic mass is 10.2. The lowest BCUT2D eigenvalue weighted by molar-refractivity contribution is -0.115. The number of rotatable bonds is 4. The third kappa shape index (κ3) is 3.57. The number of hydrogen-bond donors (Lipinski definition) is 0. The molecule has 0 unspecified atom stereocenters. The maximum absolute atomic E-state index is 13.6. The quantitative estimate of drug-likeness (QED) is 0.383. The third-order valence-electron chi connectivity index (χ3n) is 5.69. The van der Waals surface area contributed by atoms with Gasteiger partial charge in [-0.1, -0.05) is 47.3 Å². The van der Waals surface area contributed by atoms with Gasteiger partial charge in [-0.3, -0.25) is 23.6 Å². The number of hydrogen-bond acceptors (Lipinski definition) is 6. The molecule has 3 heterocycles. The van der Waals surface area contributed by atoms with Gasteiger partial charge in [-0.15, -0.1) is 0 Å². The van der Waals surface area contributed by atoms with Crippen molar-refractivity contribution in [2.75, 3.05) is 10.7 Å². The molecule has 4 aromatic rings. The Labute approximate surface area is 208 Å². The Morgan fingerprint density at radius 3 is 2.56 bits per heavy atom. The number of nitrogens with zero attached hydrogens (tertiary/aromatic N) is 5. The third-order valence-corrected chi connectivity index (χ3v) is 8.02. The van der Waals surface area contributed by atoms with E-state index in [4.69, 9.17) is 11.6 Å². The van der Waals surface area contributed by atoms with Crippen LogP contribution in [0.25, 0.3) is 11.2 Å². The number of halogens is 1. The average Bonchev–Trinajstić information content (AvgIpc) is 3.22. The summed E-state index contributed by atoms with van der Waals surface area (Å²) in [6.07, 6.45) is 0. The highest BCUT2D eigenvalue weighted by molar-refractivity contribution is 8.00. The number of thioether (sulfide) groups is 1. The number of fused-ring (bicyclic) bond motifs is 3. The fraction of sp³-hybridized carbons (Fsp3) is 0.217. The van der Waals surface area contributed by atoms with Crippen molar-refractivity contribution in [3.8, 4) is 0 Å². The minimum absolute atomic E-state index is 0.0859. The molecule has 1 aliphatic rings. The van der Waals surface area contributed by atoms with Crippen molar-refractivity contribution in [2.24, 2.45) is 14.1 Å². The predicted molar refractivity (Wildman–Crippen MR) is 136 cm³/mol. The van der Waals surface area contributed by atoms with Crippen molar-refractivity contribution in [1.29, 1.82) is 0 Å². The van der Waals surface area contributed by atoms with E-state index in [-0.39, 0.29) is 11.7 Å². The van der Waals surface area contributed by atoms with Crippen molar-refractivity contribution >= 4 is 63.6 Å². The number of amides is 1. The maximum Gasteiger partial charge on any atom is 0.332 e. The Bertz CT molecular complexity index is 1590. The Hall–Kier alpha value is -2.95. The number of anilines is 2. The summed E-state index contributed by atoms with van der Waals surface area (Å²) in [5.74, 6) is -0.0551. The molecule has 0 atom stereocenters. The van der Waals surface area contributed by atoms with E-state index >= 15 is 0 Å². The molecule has 1 amide bonds. The molecule has 0 aliphatic carbocycles. The van der Waals surface area contributed by atoms with Gasteiger partial charge in [0.25, 0.3) is 5.56 Å². The number of benzene rings is 2. The van der Waals surface area contributed by atoms with E-state index in [2.05, 4.69) is 4.98 Å². The summed E-state index contributed by atoms with van der Waals surface area (Å²) in [7, 11) is 3.03. The molecule has 0 bridgehead atoms. The SMILES string of the molecule is CCn1c(SCC(=O)N2c3ccccc3Sc3ccc(Cl)cc32)nc2c1c(=O)n(C)c(=O)n2C. The summed E-state index contributed by atoms with van der Waals surface area (Å²) in [6, 6.07) is 13.3. The van der Waals surface area contributed by atoms with Crippen LogP contribution in [0.1, 0.15) is 6.92 Å². The molecule has 0 saturated heterocycles. The van der Waals surface area contributed by atoms with Gasteiger partial charge in [0.15, 0.2) is 16.3 Å². The van der Waals surface area contributed by atoms with Crippen LogP contribution in [0.5, 0.6) is 0 Å². The van der Waals surface area contributed by atoms with Crippen LogP contribution < -0.4 is 16.1 Å². The first-order valence-electron chi connectivity index (χ1n) is 10.5. The van der Waals surface area contributed by atoms with Gasteiger partial charge in [0, 0.05) is 35.5 Å². The zero-order valence-corrected chi connectivity index (χ0v) is 21.0. The van der Waals surface area contributed by atoms with Gasteiger partial charge >= 0.3 is 5.69 Å². The highest BCUT2D eigenvalue weighted by Crippen LogP contribution is 2.49. The molecule has 8 nitrogen and oxygen atoms in total. The number of carbonyl (C=O) groups is 1. The van der Waals surface area contributed by atoms with Crippen LogP contribution in [0.15, 0.2) is 67.0 Å². The predicted octanol–water partition coefficient (Wildman–Crippen LogP) is 4.03. The van der Waals surface area contributed by atoms with Crippen molar-refractivity contribution in [2.45, 2.75) is 28.4 Å². The minimum Gasteiger partial charge on any atom is -0.313 e. The summed E-state index contributed by atoms with van der Waals surface area (Å²) < 4.78 is 4.17. The summed E-state index contributed by atoms with van der Waals surface area (Å²) >= 11 is 9.10. The van der Waals surface area contributed by atoms with E-state index in [9.17, 15) is 14.4 Å². The number of para-hydroxylation sites is 1. The zero-order chi connectivity index (χ0) is 24.1. The van der Waals surface area contributed by atoms with Gasteiger partial charge in [0.2, 0.25) is 5.91 Å². The molecule has 0 N–H and O–H groups in total. The molecule has 0 spiro atoms. The van der Waals surface area contributed by atoms with E-state index in [1.165, 1.54) is 23.4 Å². The van der Waals surface area contributed by atoms with E-state index < -0.39 is 11.2 Å². The first-order valence-corrected chi connectivity index (χ1v) is 12.7. The Kier molecular flexibility index (Phi) is 5.83. The largest absolute Gasteiger partial charge is 0.332 e. The van der Waals surface area contributed by atoms with Crippen molar-refractivity contribution in [3.63, 3.8) is 0 Å². The maximum atomic E-state index is 13.6. The standard InChI is InChI=1S/C23H20ClN5O3S2/c1-4-28-19-20(26(2)23(32)27(3)21(19)31)25-22(28)33-12-18(30)29-14-7-5-6-8-16(14)34-17-10-9-13(24)11-15(17)29/h5-11H,4,12H2,1-3H3. The molecule has 174 valence electrons. The van der Waals surface area contributed by atoms with Gasteiger partial charge in [0.1, 0.15) is 0 Å². The number of aryl methyl sites for hydroxylation is 2. The Morgan fingerprint density at radius 1 is 1.06 bits per heavy atom. The van der Waals surface area contributed by atoms with Crippen LogP contribution in [0.3, 0.4) is 0 Å². The normalized spacial score (nSPS) is 12.6. The number of imidazole rings is 1. The van der Waals surface area contributed by atoms with E-state index in [0.717, 1.165) is 25.7 Å². The van der Waals surface area contributed by atoms with Crippen LogP contribution >= 0.6 is 35.1 Å². The van der Waals surface area contributed by atoms with Crippen LogP contribution in [0.4, 0.5) is 11.4 Å². The van der Waals surface area contributed by atoms with Crippen molar-refractivity contribution < 1.29 is 4.79 Å². The van der Waals surface area contributed by atoms with Gasteiger partial charge in [-0.2, -0.15) is 0 Å². The number of carbonyl (C=O) groups excluding carboxylic acids is 1. The number of aromatic nitrogens is 4. The van der Waals surface area contributed by atoms with Crippen LogP contribution in [0, 0.1) is 0 Å². The second-order valence-corrected chi connectivity index (χ2v) is 10.2. The van der Waals surface area contributed by atoms with E-state index in [0.29, 0.717) is 27.9 Å². The second kappa shape index (κ2) is 8.68. The zero-order valence-electron chi connectivity index (χ0n) is 18.6. The van der Waals surface area contributed by atoms with Crippen molar-refractivity contribution in [1.82, 2.24) is 18.7 Å². The summed E-state index contributed by atoms with van der Waals surface area (Å²) in [4.78, 5) is 46.8. The average molecular weight is 514 g/mol. The fourth-order valence-electron chi connectivity index (χ4n) is 4.02. The first kappa shape index (κ1) is 22.8. The molecule has 5 rings (SSSR count). The molecule has 0 radical (unpaired) electrons. The second-order valence-electron chi connectivity index (χ2n) is 7.72. The van der Waals surface area contributed by atoms with Crippen LogP contribution in [0.2, 0.25) is 5.02 Å². The smallest absolute Gasteiger partial charge is 0.313 e. The molecular weight excluding hydrogens is 494 g/mol. The van der Waals surface area contributed by atoms with Gasteiger partial charge in [-0.25, -0.2) is 9.78 Å². The van der Waals surface area contributed by atoms with Gasteiger partial charge in [-0.05, 0) is 37.3 Å². The van der Waals surface area contributed by atoms with Crippen LogP contribution in [-0.2, 0) is 25.4 Å². The lowest BCUT2D eigenvalue weighted by Crippen LogP contribution is -2.37. The van der Waals surface area contributed by atoms with Crippen LogP contribution in [-0.4, -0.2) is 30.3 Å². The van der Waals surface area contributed by atoms with Gasteiger partial charge in [0.05, 0.1) is 17.1 Å². The van der Waals surface area contributed by atoms with E-state index in [1.807, 2.05) is 43.3 Å². The molecule has 2 aromatic carbocycles. The monoisotopic (exact) mass is 513 g/mol. The Morgan fingerprint density at radius 2 is 1.79 bits per heavy atom. The molecular formula is C23H20ClN5O3S2. The molecule has 34 heavy (non-hydrogen) atoms. The molecule has 1 aliphatic heterocycles. The van der Waals surface area contributed by atoms with Crippen molar-refractivity contribution in [3.05, 3.63) is 68.3 Å². The van der Waals surface area contributed by atoms with Gasteiger partial charge < -0.3 is 4.57 Å². The molecule has 0 saturated carbocycles. The summed E-state index contributed by atoms with van der Waals surface area (Å²) in [6.45, 7) is 2.37. The lowest BCUT2D eigenvalue weighted by Gasteiger charge is -2.31. The highest BCUT2D eigenvalue weighted by atomic mass is 35.5. The Balaban J connectivity index is 1.53. The minimum atomic E-state index is -0.443. The fourth-order valence-corrected chi connectivity index (χ4v) is 6.13. The topological polar surface area (TPSA) is 82.1 Å². The first-order chi connectivity index (χ1) is 16.3. The molecule has 11 heteroatoms. The molecule has 2 aromatic heterocycles.